The fourth-order valence-corrected chi connectivity index (χ4v) is 1.74. The number of pyridine rings is 1. The van der Waals surface area contributed by atoms with Crippen LogP contribution in [0.15, 0.2) is 12.1 Å². The van der Waals surface area contributed by atoms with E-state index < -0.39 is 0 Å². The van der Waals surface area contributed by atoms with E-state index in [-0.39, 0.29) is 18.4 Å². The van der Waals surface area contributed by atoms with Gasteiger partial charge < -0.3 is 21.1 Å². The van der Waals surface area contributed by atoms with E-state index in [0.717, 1.165) is 18.5 Å². The molecule has 21 heavy (non-hydrogen) atoms. The number of amides is 2. The van der Waals surface area contributed by atoms with Gasteiger partial charge in [0.25, 0.3) is 5.91 Å². The third-order valence-electron chi connectivity index (χ3n) is 2.70. The number of rotatable bonds is 8. The maximum Gasteiger partial charge on any atom is 0.251 e. The standard InChI is InChI=1S/C14H22N4O3/c1-3-4-11-7-10(8-12(15)18-11)14(20)17-9-13(19)16-5-6-21-2/h7-8H,3-6,9H2,1-2H3,(H2,15,18)(H,16,19)(H,17,20). The van der Waals surface area contributed by atoms with Gasteiger partial charge in [-0.25, -0.2) is 4.98 Å². The number of ether oxygens (including phenoxy) is 1. The number of nitrogens with two attached hydrogens (primary N) is 1. The van der Waals surface area contributed by atoms with E-state index in [1.807, 2.05) is 6.92 Å². The third kappa shape index (κ3) is 6.22. The van der Waals surface area contributed by atoms with Crippen LogP contribution in [0.25, 0.3) is 0 Å². The van der Waals surface area contributed by atoms with E-state index >= 15 is 0 Å². The molecule has 0 spiro atoms. The summed E-state index contributed by atoms with van der Waals surface area (Å²) in [5.41, 5.74) is 6.86. The second-order valence-corrected chi connectivity index (χ2v) is 4.55. The van der Waals surface area contributed by atoms with Crippen LogP contribution in [0.4, 0.5) is 5.82 Å². The highest BCUT2D eigenvalue weighted by Gasteiger charge is 2.10. The van der Waals surface area contributed by atoms with Crippen molar-refractivity contribution in [3.63, 3.8) is 0 Å². The average molecular weight is 294 g/mol. The quantitative estimate of drug-likeness (QED) is 0.590. The summed E-state index contributed by atoms with van der Waals surface area (Å²) in [4.78, 5) is 27.6. The van der Waals surface area contributed by atoms with Gasteiger partial charge in [-0.1, -0.05) is 13.3 Å². The van der Waals surface area contributed by atoms with E-state index in [1.165, 1.54) is 6.07 Å². The molecule has 2 amide bonds. The van der Waals surface area contributed by atoms with Gasteiger partial charge in [0.15, 0.2) is 0 Å². The maximum absolute atomic E-state index is 12.0. The molecule has 0 unspecified atom stereocenters. The number of carbonyl (C=O) groups excluding carboxylic acids is 2. The van der Waals surface area contributed by atoms with Crippen LogP contribution in [-0.4, -0.2) is 43.6 Å². The van der Waals surface area contributed by atoms with Crippen LogP contribution >= 0.6 is 0 Å². The highest BCUT2D eigenvalue weighted by molar-refractivity contribution is 5.97. The molecule has 0 radical (unpaired) electrons. The predicted octanol–water partition coefficient (Wildman–Crippen LogP) is 0.109. The fourth-order valence-electron chi connectivity index (χ4n) is 1.74. The lowest BCUT2D eigenvalue weighted by Gasteiger charge is -2.08. The molecule has 1 aromatic rings. The number of nitrogens with one attached hydrogen (secondary N) is 2. The minimum atomic E-state index is -0.344. The normalized spacial score (nSPS) is 10.2. The summed E-state index contributed by atoms with van der Waals surface area (Å²) in [5, 5.41) is 5.16. The molecule has 1 aromatic heterocycles. The molecule has 0 saturated carbocycles. The van der Waals surface area contributed by atoms with Crippen molar-refractivity contribution in [1.29, 1.82) is 0 Å². The SMILES string of the molecule is CCCc1cc(C(=O)NCC(=O)NCCOC)cc(N)n1. The summed E-state index contributed by atoms with van der Waals surface area (Å²) in [6.45, 7) is 2.78. The molecule has 0 fully saturated rings. The van der Waals surface area contributed by atoms with Crippen molar-refractivity contribution in [2.45, 2.75) is 19.8 Å². The summed E-state index contributed by atoms with van der Waals surface area (Å²) in [7, 11) is 1.55. The first-order valence-electron chi connectivity index (χ1n) is 6.87. The van der Waals surface area contributed by atoms with Crippen molar-refractivity contribution in [1.82, 2.24) is 15.6 Å². The number of anilines is 1. The Hall–Kier alpha value is -2.15. The van der Waals surface area contributed by atoms with Crippen molar-refractivity contribution < 1.29 is 14.3 Å². The summed E-state index contributed by atoms with van der Waals surface area (Å²) < 4.78 is 4.81. The monoisotopic (exact) mass is 294 g/mol. The largest absolute Gasteiger partial charge is 0.384 e. The molecule has 7 nitrogen and oxygen atoms in total. The molecule has 0 aliphatic heterocycles. The van der Waals surface area contributed by atoms with Crippen LogP contribution in [0, 0.1) is 0 Å². The lowest BCUT2D eigenvalue weighted by Crippen LogP contribution is -2.38. The zero-order valence-corrected chi connectivity index (χ0v) is 12.4. The van der Waals surface area contributed by atoms with Crippen LogP contribution in [0.3, 0.4) is 0 Å². The molecular weight excluding hydrogens is 272 g/mol. The smallest absolute Gasteiger partial charge is 0.251 e. The summed E-state index contributed by atoms with van der Waals surface area (Å²) in [6, 6.07) is 3.19. The maximum atomic E-state index is 12.0. The summed E-state index contributed by atoms with van der Waals surface area (Å²) in [5.74, 6) is -0.310. The van der Waals surface area contributed by atoms with E-state index in [0.29, 0.717) is 24.5 Å². The fraction of sp³-hybridized carbons (Fsp3) is 0.500. The van der Waals surface area contributed by atoms with Gasteiger partial charge in [0.2, 0.25) is 5.91 Å². The van der Waals surface area contributed by atoms with Crippen LogP contribution < -0.4 is 16.4 Å². The van der Waals surface area contributed by atoms with Gasteiger partial charge in [0.1, 0.15) is 5.82 Å². The van der Waals surface area contributed by atoms with E-state index in [2.05, 4.69) is 15.6 Å². The Morgan fingerprint density at radius 2 is 2.10 bits per heavy atom. The van der Waals surface area contributed by atoms with Gasteiger partial charge >= 0.3 is 0 Å². The lowest BCUT2D eigenvalue weighted by atomic mass is 10.1. The second kappa shape index (κ2) is 8.91. The Balaban J connectivity index is 2.53. The van der Waals surface area contributed by atoms with E-state index in [1.54, 1.807) is 13.2 Å². The van der Waals surface area contributed by atoms with Crippen molar-refractivity contribution in [2.24, 2.45) is 0 Å². The highest BCUT2D eigenvalue weighted by atomic mass is 16.5. The van der Waals surface area contributed by atoms with E-state index in [9.17, 15) is 9.59 Å². The van der Waals surface area contributed by atoms with Gasteiger partial charge in [-0.15, -0.1) is 0 Å². The molecule has 0 bridgehead atoms. The van der Waals surface area contributed by atoms with E-state index in [4.69, 9.17) is 10.5 Å². The number of methoxy groups -OCH3 is 1. The van der Waals surface area contributed by atoms with Gasteiger partial charge in [-0.3, -0.25) is 9.59 Å². The Bertz CT molecular complexity index is 491. The Morgan fingerprint density at radius 1 is 1.33 bits per heavy atom. The molecule has 0 atom stereocenters. The van der Waals surface area contributed by atoms with Gasteiger partial charge in [0, 0.05) is 24.9 Å². The van der Waals surface area contributed by atoms with Crippen molar-refractivity contribution in [2.75, 3.05) is 32.5 Å². The molecule has 1 rings (SSSR count). The summed E-state index contributed by atoms with van der Waals surface area (Å²) >= 11 is 0. The molecule has 4 N–H and O–H groups in total. The van der Waals surface area contributed by atoms with Crippen LogP contribution in [-0.2, 0) is 16.0 Å². The van der Waals surface area contributed by atoms with Crippen LogP contribution in [0.1, 0.15) is 29.4 Å². The Labute approximate surface area is 124 Å². The minimum absolute atomic E-state index is 0.0894. The second-order valence-electron chi connectivity index (χ2n) is 4.55. The molecule has 1 heterocycles. The molecule has 116 valence electrons. The average Bonchev–Trinajstić information content (AvgIpc) is 2.44. The number of hydrogen-bond acceptors (Lipinski definition) is 5. The van der Waals surface area contributed by atoms with Crippen LogP contribution in [0.2, 0.25) is 0 Å². The Morgan fingerprint density at radius 3 is 2.76 bits per heavy atom. The molecule has 7 heteroatoms. The first-order valence-corrected chi connectivity index (χ1v) is 6.87. The zero-order valence-electron chi connectivity index (χ0n) is 12.4. The van der Waals surface area contributed by atoms with Gasteiger partial charge in [0.05, 0.1) is 13.2 Å². The van der Waals surface area contributed by atoms with Crippen molar-refractivity contribution in [3.8, 4) is 0 Å². The number of aromatic nitrogens is 1. The predicted molar refractivity (Wildman–Crippen MR) is 79.9 cm³/mol. The van der Waals surface area contributed by atoms with Gasteiger partial charge in [-0.2, -0.15) is 0 Å². The molecule has 0 aliphatic rings. The van der Waals surface area contributed by atoms with Gasteiger partial charge in [-0.05, 0) is 18.6 Å². The highest BCUT2D eigenvalue weighted by Crippen LogP contribution is 2.09. The minimum Gasteiger partial charge on any atom is -0.384 e. The number of aryl methyl sites for hydroxylation is 1. The van der Waals surface area contributed by atoms with Crippen LogP contribution in [0.5, 0.6) is 0 Å². The molecular formula is C14H22N4O3. The first-order chi connectivity index (χ1) is 10.1. The molecule has 0 saturated heterocycles. The Kier molecular flexibility index (Phi) is 7.17. The molecule has 0 aromatic carbocycles. The van der Waals surface area contributed by atoms with Crippen molar-refractivity contribution >= 4 is 17.6 Å². The zero-order chi connectivity index (χ0) is 15.7. The lowest BCUT2D eigenvalue weighted by molar-refractivity contribution is -0.120. The number of nitrogens with zero attached hydrogens (tertiary/aromatic N) is 1. The number of carbonyl (C=O) groups is 2. The number of hydrogen-bond donors (Lipinski definition) is 3. The molecule has 0 aliphatic carbocycles. The number of nitrogen functional groups attached to an aromatic ring is 1. The topological polar surface area (TPSA) is 106 Å². The summed E-state index contributed by atoms with van der Waals surface area (Å²) in [6.07, 6.45) is 1.67. The first kappa shape index (κ1) is 16.9. The van der Waals surface area contributed by atoms with Crippen molar-refractivity contribution in [3.05, 3.63) is 23.4 Å². The third-order valence-corrected chi connectivity index (χ3v) is 2.70.